The fourth-order valence-electron chi connectivity index (χ4n) is 1.71. The molecule has 1 heterocycles. The molecule has 1 aromatic carbocycles. The molecule has 0 saturated carbocycles. The van der Waals surface area contributed by atoms with Crippen LogP contribution in [0, 0.1) is 20.8 Å². The molecule has 0 aromatic heterocycles. The Kier molecular flexibility index (Phi) is 1.69. The van der Waals surface area contributed by atoms with Crippen LogP contribution < -0.4 is 5.32 Å². The van der Waals surface area contributed by atoms with Crippen molar-refractivity contribution in [3.05, 3.63) is 34.4 Å². The van der Waals surface area contributed by atoms with E-state index in [1.807, 2.05) is 0 Å². The van der Waals surface area contributed by atoms with Gasteiger partial charge in [0, 0.05) is 12.6 Å². The van der Waals surface area contributed by atoms with Gasteiger partial charge in [-0.25, -0.2) is 0 Å². The molecule has 1 unspecified atom stereocenters. The third-order valence-electron chi connectivity index (χ3n) is 2.64. The van der Waals surface area contributed by atoms with Crippen LogP contribution in [0.3, 0.4) is 0 Å². The second kappa shape index (κ2) is 2.60. The molecule has 0 spiro atoms. The summed E-state index contributed by atoms with van der Waals surface area (Å²) in [6.45, 7) is 7.72. The smallest absolute Gasteiger partial charge is 0.0450 e. The van der Waals surface area contributed by atoms with Gasteiger partial charge in [-0.15, -0.1) is 0 Å². The molecule has 0 radical (unpaired) electrons. The maximum absolute atomic E-state index is 3.35. The molecule has 64 valence electrons. The zero-order valence-electron chi connectivity index (χ0n) is 7.94. The van der Waals surface area contributed by atoms with Gasteiger partial charge in [0.25, 0.3) is 0 Å². The van der Waals surface area contributed by atoms with E-state index in [2.05, 4.69) is 38.2 Å². The monoisotopic (exact) mass is 161 g/mol. The first-order chi connectivity index (χ1) is 5.68. The van der Waals surface area contributed by atoms with Crippen LogP contribution in [0.1, 0.15) is 28.3 Å². The van der Waals surface area contributed by atoms with Crippen molar-refractivity contribution in [2.24, 2.45) is 0 Å². The van der Waals surface area contributed by atoms with Gasteiger partial charge in [-0.2, -0.15) is 0 Å². The van der Waals surface area contributed by atoms with Crippen molar-refractivity contribution in [1.29, 1.82) is 0 Å². The van der Waals surface area contributed by atoms with Crippen LogP contribution in [0.15, 0.2) is 12.1 Å². The SMILES string of the molecule is Cc1cc(C)c(C)c(C2CN2)c1. The lowest BCUT2D eigenvalue weighted by Crippen LogP contribution is -1.93. The molecule has 0 aliphatic carbocycles. The topological polar surface area (TPSA) is 21.9 Å². The van der Waals surface area contributed by atoms with Crippen molar-refractivity contribution >= 4 is 0 Å². The molecule has 1 aliphatic rings. The number of nitrogens with one attached hydrogen (secondary N) is 1. The third kappa shape index (κ3) is 1.25. The maximum atomic E-state index is 3.35. The summed E-state index contributed by atoms with van der Waals surface area (Å²) in [5, 5.41) is 3.35. The lowest BCUT2D eigenvalue weighted by atomic mass is 9.98. The summed E-state index contributed by atoms with van der Waals surface area (Å²) in [6, 6.07) is 5.19. The highest BCUT2D eigenvalue weighted by molar-refractivity contribution is 5.40. The van der Waals surface area contributed by atoms with Crippen LogP contribution in [-0.4, -0.2) is 6.54 Å². The van der Waals surface area contributed by atoms with Crippen LogP contribution in [0.25, 0.3) is 0 Å². The highest BCUT2D eigenvalue weighted by Gasteiger charge is 2.24. The largest absolute Gasteiger partial charge is 0.307 e. The van der Waals surface area contributed by atoms with E-state index in [0.717, 1.165) is 6.54 Å². The quantitative estimate of drug-likeness (QED) is 0.627. The average molecular weight is 161 g/mol. The summed E-state index contributed by atoms with van der Waals surface area (Å²) in [4.78, 5) is 0. The first kappa shape index (κ1) is 7.81. The van der Waals surface area contributed by atoms with E-state index in [1.54, 1.807) is 0 Å². The van der Waals surface area contributed by atoms with Crippen LogP contribution >= 0.6 is 0 Å². The summed E-state index contributed by atoms with van der Waals surface area (Å²) in [5.41, 5.74) is 5.74. The first-order valence-corrected chi connectivity index (χ1v) is 4.49. The van der Waals surface area contributed by atoms with Crippen molar-refractivity contribution in [2.75, 3.05) is 6.54 Å². The Morgan fingerprint density at radius 3 is 2.50 bits per heavy atom. The van der Waals surface area contributed by atoms with Gasteiger partial charge in [0.1, 0.15) is 0 Å². The van der Waals surface area contributed by atoms with Gasteiger partial charge in [0.15, 0.2) is 0 Å². The van der Waals surface area contributed by atoms with Crippen LogP contribution in [0.4, 0.5) is 0 Å². The molecule has 1 fully saturated rings. The zero-order valence-corrected chi connectivity index (χ0v) is 7.94. The van der Waals surface area contributed by atoms with Crippen molar-refractivity contribution in [3.8, 4) is 0 Å². The Balaban J connectivity index is 2.51. The van der Waals surface area contributed by atoms with Crippen LogP contribution in [0.2, 0.25) is 0 Å². The van der Waals surface area contributed by atoms with Crippen molar-refractivity contribution < 1.29 is 0 Å². The van der Waals surface area contributed by atoms with E-state index in [4.69, 9.17) is 0 Å². The molecule has 1 atom stereocenters. The van der Waals surface area contributed by atoms with E-state index in [9.17, 15) is 0 Å². The van der Waals surface area contributed by atoms with E-state index in [0.29, 0.717) is 6.04 Å². The Hall–Kier alpha value is -0.820. The molecule has 1 saturated heterocycles. The van der Waals surface area contributed by atoms with Crippen LogP contribution in [-0.2, 0) is 0 Å². The summed E-state index contributed by atoms with van der Waals surface area (Å²) in [6.07, 6.45) is 0. The van der Waals surface area contributed by atoms with Crippen molar-refractivity contribution in [1.82, 2.24) is 5.32 Å². The van der Waals surface area contributed by atoms with E-state index in [-0.39, 0.29) is 0 Å². The molecule has 1 N–H and O–H groups in total. The lowest BCUT2D eigenvalue weighted by Gasteiger charge is -2.08. The summed E-state index contributed by atoms with van der Waals surface area (Å²) < 4.78 is 0. The number of aryl methyl sites for hydroxylation is 2. The first-order valence-electron chi connectivity index (χ1n) is 4.49. The van der Waals surface area contributed by atoms with Crippen molar-refractivity contribution in [2.45, 2.75) is 26.8 Å². The highest BCUT2D eigenvalue weighted by Crippen LogP contribution is 2.27. The summed E-state index contributed by atoms with van der Waals surface area (Å²) >= 11 is 0. The van der Waals surface area contributed by atoms with Gasteiger partial charge in [-0.1, -0.05) is 17.7 Å². The second-order valence-electron chi connectivity index (χ2n) is 3.76. The van der Waals surface area contributed by atoms with Crippen molar-refractivity contribution in [3.63, 3.8) is 0 Å². The molecule has 1 aliphatic heterocycles. The Bertz CT molecular complexity index is 311. The van der Waals surface area contributed by atoms with E-state index < -0.39 is 0 Å². The molecule has 12 heavy (non-hydrogen) atoms. The van der Waals surface area contributed by atoms with E-state index in [1.165, 1.54) is 22.3 Å². The molecule has 0 bridgehead atoms. The predicted molar refractivity (Wildman–Crippen MR) is 51.4 cm³/mol. The number of benzene rings is 1. The lowest BCUT2D eigenvalue weighted by molar-refractivity contribution is 1.04. The normalized spacial score (nSPS) is 21.1. The number of hydrogen-bond donors (Lipinski definition) is 1. The van der Waals surface area contributed by atoms with Gasteiger partial charge in [-0.3, -0.25) is 0 Å². The minimum atomic E-state index is 0.642. The molecular formula is C11H15N. The van der Waals surface area contributed by atoms with Gasteiger partial charge in [0.2, 0.25) is 0 Å². The highest BCUT2D eigenvalue weighted by atomic mass is 15.1. The predicted octanol–water partition coefficient (Wildman–Crippen LogP) is 2.26. The van der Waals surface area contributed by atoms with Gasteiger partial charge in [-0.05, 0) is 37.5 Å². The molecule has 2 rings (SSSR count). The summed E-state index contributed by atoms with van der Waals surface area (Å²) in [5.74, 6) is 0. The molecule has 0 amide bonds. The fraction of sp³-hybridized carbons (Fsp3) is 0.455. The molecule has 1 heteroatoms. The second-order valence-corrected chi connectivity index (χ2v) is 3.76. The average Bonchev–Trinajstić information content (AvgIpc) is 2.79. The van der Waals surface area contributed by atoms with Gasteiger partial charge >= 0.3 is 0 Å². The Morgan fingerprint density at radius 1 is 1.25 bits per heavy atom. The fourth-order valence-corrected chi connectivity index (χ4v) is 1.71. The maximum Gasteiger partial charge on any atom is 0.0450 e. The minimum absolute atomic E-state index is 0.642. The Labute approximate surface area is 73.8 Å². The third-order valence-corrected chi connectivity index (χ3v) is 2.64. The summed E-state index contributed by atoms with van der Waals surface area (Å²) in [7, 11) is 0. The van der Waals surface area contributed by atoms with Gasteiger partial charge < -0.3 is 5.32 Å². The van der Waals surface area contributed by atoms with E-state index >= 15 is 0 Å². The standard InChI is InChI=1S/C11H15N/c1-7-4-8(2)9(3)10(5-7)11-6-12-11/h4-5,11-12H,6H2,1-3H3. The van der Waals surface area contributed by atoms with Gasteiger partial charge in [0.05, 0.1) is 0 Å². The molecule has 1 nitrogen and oxygen atoms in total. The number of rotatable bonds is 1. The zero-order chi connectivity index (χ0) is 8.72. The molecule has 1 aromatic rings. The molecular weight excluding hydrogens is 146 g/mol. The number of hydrogen-bond acceptors (Lipinski definition) is 1. The van der Waals surface area contributed by atoms with Crippen LogP contribution in [0.5, 0.6) is 0 Å². The Morgan fingerprint density at radius 2 is 1.92 bits per heavy atom. The minimum Gasteiger partial charge on any atom is -0.307 e.